The van der Waals surface area contributed by atoms with E-state index in [9.17, 15) is 8.76 Å². The van der Waals surface area contributed by atoms with Gasteiger partial charge in [-0.25, -0.2) is 0 Å². The molecule has 0 aliphatic heterocycles. The highest BCUT2D eigenvalue weighted by Gasteiger charge is 1.65. The lowest BCUT2D eigenvalue weighted by Gasteiger charge is -1.54. The molecule has 0 radical (unpaired) electrons. The van der Waals surface area contributed by atoms with Crippen molar-refractivity contribution in [3.05, 3.63) is 0 Å². The van der Waals surface area contributed by atoms with Gasteiger partial charge < -0.3 is 0 Å². The molecule has 26 valence electrons. The molecule has 1 nitrogen and oxygen atoms in total. The molecule has 0 heterocycles. The first-order valence-electron chi connectivity index (χ1n) is 1.25. The molecule has 4 heavy (non-hydrogen) atoms. The van der Waals surface area contributed by atoms with E-state index in [1.54, 1.807) is 0 Å². The molecule has 0 spiro atoms. The third-order valence-corrected chi connectivity index (χ3v) is 0. The molecule has 1 atom stereocenters. The Morgan fingerprint density at radius 3 is 2.50 bits per heavy atom. The monoisotopic (exact) mass is 84.0 g/mol. The van der Waals surface area contributed by atoms with E-state index < -0.39 is 8.06 Å². The van der Waals surface area contributed by atoms with Gasteiger partial charge in [0.25, 0.3) is 0 Å². The third kappa shape index (κ3) is 114. The highest BCUT2D eigenvalue weighted by Crippen LogP contribution is 2.11. The molecule has 0 saturated carbocycles. The Balaban J connectivity index is 3.47. The maximum absolute atomic E-state index is 10.9. The van der Waals surface area contributed by atoms with E-state index >= 15 is 0 Å². The topological polar surface area (TPSA) is 17.1 Å². The Kier molecular flexibility index (Phi) is 0.886. The smallest absolute Gasteiger partial charge is 0.230 e. The zero-order chi connectivity index (χ0) is 4.50. The SMILES string of the molecule is [3H]P(C)(=O)F. The van der Waals surface area contributed by atoms with Gasteiger partial charge in [-0.05, 0) is 0 Å². The molecular formula is CH4FOP. The van der Waals surface area contributed by atoms with Crippen LogP contribution < -0.4 is 0 Å². The van der Waals surface area contributed by atoms with Crippen molar-refractivity contribution in [1.29, 1.82) is 1.28 Å². The first kappa shape index (κ1) is 2.40. The van der Waals surface area contributed by atoms with Gasteiger partial charge in [0.1, 0.15) is 1.28 Å². The van der Waals surface area contributed by atoms with Gasteiger partial charge in [0, 0.05) is 6.66 Å². The van der Waals surface area contributed by atoms with Crippen LogP contribution in [0.1, 0.15) is 0 Å². The van der Waals surface area contributed by atoms with Crippen LogP contribution in [-0.2, 0) is 4.57 Å². The second kappa shape index (κ2) is 1.48. The van der Waals surface area contributed by atoms with Crippen molar-refractivity contribution in [2.75, 3.05) is 6.66 Å². The standard InChI is InChI=1S/CH4FOP/c1-4(2)3/h4H,1H3/i4T. The zero-order valence-electron chi connectivity index (χ0n) is 3.23. The van der Waals surface area contributed by atoms with E-state index in [4.69, 9.17) is 1.28 Å². The van der Waals surface area contributed by atoms with Crippen LogP contribution in [0.15, 0.2) is 0 Å². The molecule has 0 aromatic rings. The van der Waals surface area contributed by atoms with Crippen molar-refractivity contribution in [2.24, 2.45) is 0 Å². The summed E-state index contributed by atoms with van der Waals surface area (Å²) in [7, 11) is -3.89. The van der Waals surface area contributed by atoms with E-state index in [0.29, 0.717) is 0 Å². The van der Waals surface area contributed by atoms with Crippen LogP contribution in [0.4, 0.5) is 4.20 Å². The van der Waals surface area contributed by atoms with Gasteiger partial charge in [-0.15, -0.1) is 0 Å². The average molecular weight is 84.0 g/mol. The molecule has 0 saturated heterocycles. The van der Waals surface area contributed by atoms with E-state index in [1.165, 1.54) is 0 Å². The van der Waals surface area contributed by atoms with Crippen LogP contribution in [0.3, 0.4) is 0 Å². The Morgan fingerprint density at radius 2 is 2.50 bits per heavy atom. The van der Waals surface area contributed by atoms with Crippen molar-refractivity contribution in [2.45, 2.75) is 0 Å². The van der Waals surface area contributed by atoms with E-state index in [0.717, 1.165) is 6.66 Å². The molecule has 0 N–H and O–H groups in total. The van der Waals surface area contributed by atoms with E-state index in [-0.39, 0.29) is 0 Å². The van der Waals surface area contributed by atoms with Crippen molar-refractivity contribution in [1.82, 2.24) is 0 Å². The molecule has 0 aromatic heterocycles. The average Bonchev–Trinajstić information content (AvgIpc) is 0.722. The molecule has 0 bridgehead atoms. The van der Waals surface area contributed by atoms with Crippen LogP contribution in [0, 0.1) is 0 Å². The summed E-state index contributed by atoms with van der Waals surface area (Å²) in [6.07, 6.45) is 0. The lowest BCUT2D eigenvalue weighted by atomic mass is 12.0. The molecule has 0 rings (SSSR count). The van der Waals surface area contributed by atoms with Crippen molar-refractivity contribution in [3.8, 4) is 0 Å². The fraction of sp³-hybridized carbons (Fsp3) is 1.00. The van der Waals surface area contributed by atoms with Crippen LogP contribution >= 0.6 is 8.06 Å². The fourth-order valence-electron chi connectivity index (χ4n) is 0. The van der Waals surface area contributed by atoms with Gasteiger partial charge in [-0.1, -0.05) is 0 Å². The normalized spacial score (nSPS) is 27.0. The summed E-state index contributed by atoms with van der Waals surface area (Å²) in [5.41, 5.74) is 0. The van der Waals surface area contributed by atoms with Gasteiger partial charge in [0.2, 0.25) is 8.06 Å². The summed E-state index contributed by atoms with van der Waals surface area (Å²) < 4.78 is 26.0. The van der Waals surface area contributed by atoms with Crippen molar-refractivity contribution < 1.29 is 8.76 Å². The Labute approximate surface area is 26.0 Å². The summed E-state index contributed by atoms with van der Waals surface area (Å²) in [5.74, 6) is 0. The predicted octanol–water partition coefficient (Wildman–Crippen LogP) is 1.06. The Hall–Kier alpha value is 0.160. The largest absolute Gasteiger partial charge is 0.291 e. The maximum Gasteiger partial charge on any atom is 0.230 e. The number of halogens is 1. The number of hydrogen-bond donors (Lipinski definition) is 0. The number of rotatable bonds is 0. The quantitative estimate of drug-likeness (QED) is 0.401. The lowest BCUT2D eigenvalue weighted by Crippen LogP contribution is -1.21. The van der Waals surface area contributed by atoms with Crippen molar-refractivity contribution in [3.63, 3.8) is 0 Å². The predicted molar refractivity (Wildman–Crippen MR) is 16.0 cm³/mol. The highest BCUT2D eigenvalue weighted by molar-refractivity contribution is 7.37. The Morgan fingerprint density at radius 1 is 2.50 bits per heavy atom. The molecule has 3 heteroatoms. The van der Waals surface area contributed by atoms with E-state index in [1.807, 2.05) is 0 Å². The summed E-state index contributed by atoms with van der Waals surface area (Å²) in [5, 5.41) is 0. The van der Waals surface area contributed by atoms with Gasteiger partial charge in [0.15, 0.2) is 0 Å². The summed E-state index contributed by atoms with van der Waals surface area (Å²) in [4.78, 5) is 0. The van der Waals surface area contributed by atoms with Crippen LogP contribution in [0.25, 0.3) is 0 Å². The molecule has 0 aliphatic rings. The highest BCUT2D eigenvalue weighted by atomic mass is 31.1. The van der Waals surface area contributed by atoms with Crippen LogP contribution in [0.5, 0.6) is 0 Å². The molecule has 0 fully saturated rings. The van der Waals surface area contributed by atoms with Gasteiger partial charge in [-0.3, -0.25) is 4.57 Å². The summed E-state index contributed by atoms with van der Waals surface area (Å²) >= 11 is 0. The molecule has 0 aliphatic carbocycles. The summed E-state index contributed by atoms with van der Waals surface area (Å²) in [6.45, 7) is 0.743. The van der Waals surface area contributed by atoms with Gasteiger partial charge in [0.05, 0.1) is 0 Å². The Bertz CT molecular complexity index is 57.8. The minimum atomic E-state index is -3.89. The number of hydrogen-bond acceptors (Lipinski definition) is 1. The third-order valence-electron chi connectivity index (χ3n) is 0. The zero-order valence-corrected chi connectivity index (χ0v) is 3.13. The molecule has 1 unspecified atom stereocenters. The molecule has 0 amide bonds. The van der Waals surface area contributed by atoms with Crippen molar-refractivity contribution >= 4 is 8.06 Å². The molecule has 0 aromatic carbocycles. The second-order valence-corrected chi connectivity index (χ2v) is 1.26. The first-order chi connectivity index (χ1) is 2.00. The van der Waals surface area contributed by atoms with Gasteiger partial charge in [-0.2, -0.15) is 4.20 Å². The second-order valence-electron chi connectivity index (χ2n) is 0.421. The lowest BCUT2D eigenvalue weighted by molar-refractivity contribution is 0.564. The molecular weight excluding hydrogens is 78.0 g/mol. The minimum absolute atomic E-state index is 0.743. The van der Waals surface area contributed by atoms with Crippen LogP contribution in [-0.4, -0.2) is 7.94 Å². The van der Waals surface area contributed by atoms with Crippen LogP contribution in [0.2, 0.25) is 0 Å². The van der Waals surface area contributed by atoms with E-state index in [2.05, 4.69) is 0 Å². The van der Waals surface area contributed by atoms with Gasteiger partial charge >= 0.3 is 0 Å². The first-order valence-corrected chi connectivity index (χ1v) is 2.40. The fourth-order valence-corrected chi connectivity index (χ4v) is 0. The minimum Gasteiger partial charge on any atom is -0.291 e. The maximum atomic E-state index is 10.9. The summed E-state index contributed by atoms with van der Waals surface area (Å²) in [6, 6.07) is 0.